The van der Waals surface area contributed by atoms with Crippen molar-refractivity contribution in [1.29, 1.82) is 0 Å². The summed E-state index contributed by atoms with van der Waals surface area (Å²) in [6.45, 7) is 7.23. The molecule has 35 heavy (non-hydrogen) atoms. The number of carbonyl (C=O) groups excluding carboxylic acids is 2. The van der Waals surface area contributed by atoms with Crippen LogP contribution in [0.4, 0.5) is 5.69 Å². The summed E-state index contributed by atoms with van der Waals surface area (Å²) in [5.41, 5.74) is 1.43. The largest absolute Gasteiger partial charge is 0.611 e. The number of amides is 1. The van der Waals surface area contributed by atoms with Gasteiger partial charge < -0.3 is 23.8 Å². The maximum Gasteiger partial charge on any atom is 0.357 e. The zero-order valence-electron chi connectivity index (χ0n) is 20.2. The number of nitrogens with zero attached hydrogens (tertiary/aromatic N) is 2. The van der Waals surface area contributed by atoms with Crippen LogP contribution in [0.2, 0.25) is 10.0 Å². The minimum Gasteiger partial charge on any atom is -0.611 e. The first-order valence-electron chi connectivity index (χ1n) is 11.3. The van der Waals surface area contributed by atoms with E-state index in [4.69, 9.17) is 32.7 Å². The van der Waals surface area contributed by atoms with E-state index in [2.05, 4.69) is 11.8 Å². The third kappa shape index (κ3) is 6.83. The van der Waals surface area contributed by atoms with Crippen LogP contribution in [0.3, 0.4) is 0 Å². The minimum atomic E-state index is -1.70. The number of ether oxygens (including phenoxy) is 2. The quantitative estimate of drug-likeness (QED) is 0.364. The third-order valence-corrected chi connectivity index (χ3v) is 8.08. The van der Waals surface area contributed by atoms with Crippen molar-refractivity contribution in [3.05, 3.63) is 58.1 Å². The number of hydrogen-bond donors (Lipinski definition) is 0. The van der Waals surface area contributed by atoms with Gasteiger partial charge in [-0.05, 0) is 68.3 Å². The Morgan fingerprint density at radius 2 is 1.89 bits per heavy atom. The van der Waals surface area contributed by atoms with Gasteiger partial charge in [0.05, 0.1) is 11.6 Å². The lowest BCUT2D eigenvalue weighted by atomic mass is 10.0. The Balaban J connectivity index is 1.67. The Labute approximate surface area is 219 Å². The average Bonchev–Trinajstić information content (AvgIpc) is 2.80. The monoisotopic (exact) mass is 540 g/mol. The molecule has 2 aromatic carbocycles. The van der Waals surface area contributed by atoms with Crippen molar-refractivity contribution >= 4 is 51.9 Å². The molecule has 10 heteroatoms. The number of hydrogen-bond acceptors (Lipinski definition) is 6. The lowest BCUT2D eigenvalue weighted by Gasteiger charge is -2.46. The maximum absolute atomic E-state index is 13.3. The molecule has 4 unspecified atom stereocenters. The van der Waals surface area contributed by atoms with Gasteiger partial charge in [-0.25, -0.2) is 4.79 Å². The van der Waals surface area contributed by atoms with Crippen LogP contribution in [-0.2, 0) is 25.4 Å². The van der Waals surface area contributed by atoms with Crippen molar-refractivity contribution in [2.45, 2.75) is 43.9 Å². The summed E-state index contributed by atoms with van der Waals surface area (Å²) >= 11 is 10.8. The third-order valence-electron chi connectivity index (χ3n) is 6.07. The van der Waals surface area contributed by atoms with Crippen LogP contribution in [0.25, 0.3) is 0 Å². The van der Waals surface area contributed by atoms with Crippen molar-refractivity contribution in [2.75, 3.05) is 37.5 Å². The van der Waals surface area contributed by atoms with Crippen LogP contribution in [0.1, 0.15) is 31.1 Å². The van der Waals surface area contributed by atoms with Crippen molar-refractivity contribution in [2.24, 2.45) is 0 Å². The summed E-state index contributed by atoms with van der Waals surface area (Å²) in [6, 6.07) is 12.3. The van der Waals surface area contributed by atoms with Crippen LogP contribution in [-0.4, -0.2) is 72.1 Å². The van der Waals surface area contributed by atoms with Gasteiger partial charge in [-0.3, -0.25) is 4.79 Å². The highest BCUT2D eigenvalue weighted by Crippen LogP contribution is 2.29. The Morgan fingerprint density at radius 3 is 2.54 bits per heavy atom. The Kier molecular flexibility index (Phi) is 9.72. The minimum absolute atomic E-state index is 0.0633. The number of esters is 1. The highest BCUT2D eigenvalue weighted by atomic mass is 35.5. The number of methoxy groups -OCH3 is 1. The van der Waals surface area contributed by atoms with Gasteiger partial charge in [-0.2, -0.15) is 0 Å². The van der Waals surface area contributed by atoms with Crippen molar-refractivity contribution in [3.8, 4) is 0 Å². The zero-order valence-corrected chi connectivity index (χ0v) is 22.5. The molecule has 0 aliphatic carbocycles. The fourth-order valence-corrected chi connectivity index (χ4v) is 5.70. The van der Waals surface area contributed by atoms with E-state index in [1.165, 1.54) is 19.2 Å². The number of halogens is 2. The molecule has 0 spiro atoms. The Morgan fingerprint density at radius 1 is 1.14 bits per heavy atom. The average molecular weight is 541 g/mol. The van der Waals surface area contributed by atoms with Crippen LogP contribution >= 0.6 is 23.2 Å². The Hall–Kier alpha value is -1.97. The summed E-state index contributed by atoms with van der Waals surface area (Å²) < 4.78 is 22.8. The van der Waals surface area contributed by atoms with Crippen LogP contribution in [0.15, 0.2) is 47.4 Å². The molecule has 1 saturated heterocycles. The molecule has 4 atom stereocenters. The van der Waals surface area contributed by atoms with E-state index in [9.17, 15) is 14.1 Å². The fraction of sp³-hybridized carbons (Fsp3) is 0.440. The first kappa shape index (κ1) is 27.6. The van der Waals surface area contributed by atoms with Gasteiger partial charge >= 0.3 is 5.97 Å². The number of piperazine rings is 1. The van der Waals surface area contributed by atoms with Gasteiger partial charge in [0.2, 0.25) is 5.75 Å². The number of benzene rings is 2. The standard InChI is InChI=1S/C25H30Cl2N2O5S/c1-16(14-33-4)34-24(30)15-35(32)23-9-8-19(12-22(23)27)25(31)29-11-10-28(17(2)18(29)3)21-7-5-6-20(26)13-21/h5-9,12-13,16-18H,10-11,14-15H2,1-4H3. The van der Waals surface area contributed by atoms with E-state index < -0.39 is 23.2 Å². The van der Waals surface area contributed by atoms with E-state index in [1.807, 2.05) is 36.1 Å². The molecule has 1 heterocycles. The highest BCUT2D eigenvalue weighted by molar-refractivity contribution is 7.92. The molecule has 0 bridgehead atoms. The second-order valence-electron chi connectivity index (χ2n) is 8.54. The topological polar surface area (TPSA) is 82.1 Å². The lowest BCUT2D eigenvalue weighted by Crippen LogP contribution is -2.59. The predicted molar refractivity (Wildman–Crippen MR) is 139 cm³/mol. The van der Waals surface area contributed by atoms with Crippen LogP contribution in [0, 0.1) is 0 Å². The summed E-state index contributed by atoms with van der Waals surface area (Å²) in [4.78, 5) is 29.7. The first-order valence-corrected chi connectivity index (χ1v) is 13.4. The maximum atomic E-state index is 13.3. The SMILES string of the molecule is COCC(C)OC(=O)C[S+]([O-])c1ccc(C(=O)N2CCN(c3cccc(Cl)c3)C(C)C2C)cc1Cl. The molecule has 0 radical (unpaired) electrons. The predicted octanol–water partition coefficient (Wildman–Crippen LogP) is 4.42. The van der Waals surface area contributed by atoms with E-state index in [1.54, 1.807) is 13.0 Å². The fourth-order valence-electron chi connectivity index (χ4n) is 4.15. The summed E-state index contributed by atoms with van der Waals surface area (Å²) in [5.74, 6) is -1.09. The molecular weight excluding hydrogens is 511 g/mol. The summed E-state index contributed by atoms with van der Waals surface area (Å²) in [5, 5.41) is 0.843. The summed E-state index contributed by atoms with van der Waals surface area (Å²) in [6.07, 6.45) is -0.441. The normalized spacial score (nSPS) is 19.9. The van der Waals surface area contributed by atoms with E-state index in [0.717, 1.165) is 5.69 Å². The van der Waals surface area contributed by atoms with Crippen molar-refractivity contribution < 1.29 is 23.6 Å². The molecule has 1 fully saturated rings. The molecule has 3 rings (SSSR count). The van der Waals surface area contributed by atoms with Gasteiger partial charge in [-0.15, -0.1) is 0 Å². The molecule has 190 valence electrons. The van der Waals surface area contributed by atoms with Gasteiger partial charge in [0.25, 0.3) is 5.91 Å². The van der Waals surface area contributed by atoms with Crippen molar-refractivity contribution in [1.82, 2.24) is 4.90 Å². The Bertz CT molecular complexity index is 1060. The van der Waals surface area contributed by atoms with Gasteiger partial charge in [0, 0.05) is 48.6 Å². The van der Waals surface area contributed by atoms with E-state index >= 15 is 0 Å². The molecule has 0 N–H and O–H groups in total. The zero-order chi connectivity index (χ0) is 25.7. The number of carbonyl (C=O) groups is 2. The van der Waals surface area contributed by atoms with Crippen molar-refractivity contribution in [3.63, 3.8) is 0 Å². The highest BCUT2D eigenvalue weighted by Gasteiger charge is 2.34. The second kappa shape index (κ2) is 12.3. The smallest absolute Gasteiger partial charge is 0.357 e. The molecule has 1 aliphatic heterocycles. The van der Waals surface area contributed by atoms with Crippen LogP contribution in [0.5, 0.6) is 0 Å². The molecular formula is C25H30Cl2N2O5S. The molecule has 7 nitrogen and oxygen atoms in total. The first-order chi connectivity index (χ1) is 16.6. The van der Waals surface area contributed by atoms with Crippen LogP contribution < -0.4 is 4.90 Å². The number of rotatable bonds is 8. The lowest BCUT2D eigenvalue weighted by molar-refractivity contribution is -0.147. The summed E-state index contributed by atoms with van der Waals surface area (Å²) in [7, 11) is 1.51. The van der Waals surface area contributed by atoms with E-state index in [-0.39, 0.29) is 40.3 Å². The molecule has 0 saturated carbocycles. The molecule has 0 aromatic heterocycles. The van der Waals surface area contributed by atoms with Gasteiger partial charge in [0.15, 0.2) is 4.90 Å². The molecule has 1 amide bonds. The number of anilines is 1. The molecule has 2 aromatic rings. The van der Waals surface area contributed by atoms with Gasteiger partial charge in [0.1, 0.15) is 6.10 Å². The van der Waals surface area contributed by atoms with E-state index in [0.29, 0.717) is 23.7 Å². The molecule has 1 aliphatic rings. The van der Waals surface area contributed by atoms with Gasteiger partial charge in [-0.1, -0.05) is 29.3 Å². The second-order valence-corrected chi connectivity index (χ2v) is 10.8.